The number of carbonyl (C=O) groups is 1. The SMILES string of the molecule is CC(C)(C)OC(=O)C(Cc1ccccc1)C1OC1N. The summed E-state index contributed by atoms with van der Waals surface area (Å²) in [5, 5.41) is 0. The van der Waals surface area contributed by atoms with Crippen molar-refractivity contribution in [3.63, 3.8) is 0 Å². The van der Waals surface area contributed by atoms with E-state index >= 15 is 0 Å². The van der Waals surface area contributed by atoms with Gasteiger partial charge in [0, 0.05) is 0 Å². The Hall–Kier alpha value is -1.39. The van der Waals surface area contributed by atoms with Gasteiger partial charge in [0.2, 0.25) is 0 Å². The third-order valence-electron chi connectivity index (χ3n) is 2.97. The van der Waals surface area contributed by atoms with Crippen molar-refractivity contribution in [3.8, 4) is 0 Å². The minimum Gasteiger partial charge on any atom is -0.460 e. The van der Waals surface area contributed by atoms with Gasteiger partial charge in [0.05, 0.1) is 5.92 Å². The molecule has 104 valence electrons. The summed E-state index contributed by atoms with van der Waals surface area (Å²) in [6.45, 7) is 5.58. The molecule has 1 aliphatic heterocycles. The summed E-state index contributed by atoms with van der Waals surface area (Å²) in [6, 6.07) is 9.84. The summed E-state index contributed by atoms with van der Waals surface area (Å²) >= 11 is 0. The summed E-state index contributed by atoms with van der Waals surface area (Å²) in [7, 11) is 0. The summed E-state index contributed by atoms with van der Waals surface area (Å²) in [4.78, 5) is 12.2. The number of nitrogens with two attached hydrogens (primary N) is 1. The fourth-order valence-electron chi connectivity index (χ4n) is 2.04. The van der Waals surface area contributed by atoms with E-state index in [1.807, 2.05) is 51.1 Å². The third kappa shape index (κ3) is 4.04. The van der Waals surface area contributed by atoms with Crippen LogP contribution in [-0.4, -0.2) is 23.9 Å². The topological polar surface area (TPSA) is 64.8 Å². The highest BCUT2D eigenvalue weighted by atomic mass is 16.6. The largest absolute Gasteiger partial charge is 0.460 e. The molecule has 4 heteroatoms. The molecule has 3 unspecified atom stereocenters. The van der Waals surface area contributed by atoms with E-state index in [9.17, 15) is 4.79 Å². The minimum absolute atomic E-state index is 0.227. The predicted octanol–water partition coefficient (Wildman–Crippen LogP) is 1.87. The zero-order valence-electron chi connectivity index (χ0n) is 11.6. The molecule has 3 atom stereocenters. The van der Waals surface area contributed by atoms with E-state index in [-0.39, 0.29) is 24.2 Å². The minimum atomic E-state index is -0.495. The molecular weight excluding hydrogens is 242 g/mol. The zero-order chi connectivity index (χ0) is 14.0. The van der Waals surface area contributed by atoms with Crippen LogP contribution in [0, 0.1) is 5.92 Å². The van der Waals surface area contributed by atoms with E-state index in [4.69, 9.17) is 15.2 Å². The number of esters is 1. The summed E-state index contributed by atoms with van der Waals surface area (Å²) < 4.78 is 10.7. The molecule has 1 saturated heterocycles. The van der Waals surface area contributed by atoms with E-state index < -0.39 is 5.60 Å². The fourth-order valence-corrected chi connectivity index (χ4v) is 2.04. The molecule has 19 heavy (non-hydrogen) atoms. The summed E-state index contributed by atoms with van der Waals surface area (Å²) in [5.41, 5.74) is 6.28. The highest BCUT2D eigenvalue weighted by Crippen LogP contribution is 2.30. The van der Waals surface area contributed by atoms with Crippen LogP contribution in [0.1, 0.15) is 26.3 Å². The molecular formula is C15H21NO3. The van der Waals surface area contributed by atoms with Crippen molar-refractivity contribution < 1.29 is 14.3 Å². The maximum Gasteiger partial charge on any atom is 0.312 e. The maximum atomic E-state index is 12.2. The Kier molecular flexibility index (Phi) is 3.92. The normalized spacial score (nSPS) is 23.8. The van der Waals surface area contributed by atoms with Crippen LogP contribution >= 0.6 is 0 Å². The Balaban J connectivity index is 2.06. The van der Waals surface area contributed by atoms with Gasteiger partial charge in [-0.3, -0.25) is 4.79 Å². The average Bonchev–Trinajstić information content (AvgIpc) is 3.02. The first-order chi connectivity index (χ1) is 8.87. The zero-order valence-corrected chi connectivity index (χ0v) is 11.6. The Bertz CT molecular complexity index is 438. The Labute approximate surface area is 113 Å². The second-order valence-electron chi connectivity index (χ2n) is 5.89. The lowest BCUT2D eigenvalue weighted by molar-refractivity contribution is -0.160. The number of rotatable bonds is 4. The number of hydrogen-bond acceptors (Lipinski definition) is 4. The lowest BCUT2D eigenvalue weighted by atomic mass is 9.95. The third-order valence-corrected chi connectivity index (χ3v) is 2.97. The van der Waals surface area contributed by atoms with Gasteiger partial charge in [0.1, 0.15) is 17.9 Å². The fraction of sp³-hybridized carbons (Fsp3) is 0.533. The molecule has 0 aliphatic carbocycles. The lowest BCUT2D eigenvalue weighted by Crippen LogP contribution is -2.33. The molecule has 1 aromatic carbocycles. The first-order valence-electron chi connectivity index (χ1n) is 6.54. The molecule has 0 radical (unpaired) electrons. The standard InChI is InChI=1S/C15H21NO3/c1-15(2,3)19-14(17)11(12-13(16)18-12)9-10-7-5-4-6-8-10/h4-8,11-13H,9,16H2,1-3H3. The smallest absolute Gasteiger partial charge is 0.312 e. The van der Waals surface area contributed by atoms with Crippen LogP contribution in [0.25, 0.3) is 0 Å². The number of ether oxygens (including phenoxy) is 2. The van der Waals surface area contributed by atoms with Gasteiger partial charge in [0.15, 0.2) is 0 Å². The molecule has 0 spiro atoms. The molecule has 1 aromatic rings. The average molecular weight is 263 g/mol. The van der Waals surface area contributed by atoms with Gasteiger partial charge in [-0.05, 0) is 32.8 Å². The molecule has 1 aliphatic rings. The van der Waals surface area contributed by atoms with Gasteiger partial charge < -0.3 is 15.2 Å². The van der Waals surface area contributed by atoms with Crippen LogP contribution in [0.3, 0.4) is 0 Å². The van der Waals surface area contributed by atoms with Crippen molar-refractivity contribution in [3.05, 3.63) is 35.9 Å². The molecule has 1 heterocycles. The van der Waals surface area contributed by atoms with Gasteiger partial charge in [-0.15, -0.1) is 0 Å². The van der Waals surface area contributed by atoms with E-state index in [0.717, 1.165) is 5.56 Å². The Morgan fingerprint density at radius 3 is 2.42 bits per heavy atom. The lowest BCUT2D eigenvalue weighted by Gasteiger charge is -2.23. The predicted molar refractivity (Wildman–Crippen MR) is 72.3 cm³/mol. The molecule has 2 rings (SSSR count). The highest BCUT2D eigenvalue weighted by Gasteiger charge is 2.47. The van der Waals surface area contributed by atoms with E-state index in [2.05, 4.69) is 0 Å². The van der Waals surface area contributed by atoms with E-state index in [1.165, 1.54) is 0 Å². The summed E-state index contributed by atoms with van der Waals surface area (Å²) in [6.07, 6.45) is 0.0185. The number of epoxide rings is 1. The van der Waals surface area contributed by atoms with Crippen LogP contribution in [0.2, 0.25) is 0 Å². The van der Waals surface area contributed by atoms with Crippen LogP contribution in [0.5, 0.6) is 0 Å². The van der Waals surface area contributed by atoms with Gasteiger partial charge in [-0.25, -0.2) is 0 Å². The second-order valence-corrected chi connectivity index (χ2v) is 5.89. The Morgan fingerprint density at radius 1 is 1.37 bits per heavy atom. The quantitative estimate of drug-likeness (QED) is 0.665. The molecule has 0 amide bonds. The van der Waals surface area contributed by atoms with Crippen molar-refractivity contribution in [1.29, 1.82) is 0 Å². The molecule has 0 saturated carbocycles. The second kappa shape index (κ2) is 5.31. The van der Waals surface area contributed by atoms with Crippen LogP contribution < -0.4 is 5.73 Å². The Morgan fingerprint density at radius 2 is 1.95 bits per heavy atom. The number of hydrogen-bond donors (Lipinski definition) is 1. The van der Waals surface area contributed by atoms with Crippen molar-refractivity contribution in [2.75, 3.05) is 0 Å². The van der Waals surface area contributed by atoms with Crippen molar-refractivity contribution in [2.45, 2.75) is 45.1 Å². The van der Waals surface area contributed by atoms with Gasteiger partial charge in [0.25, 0.3) is 0 Å². The van der Waals surface area contributed by atoms with Crippen molar-refractivity contribution in [2.24, 2.45) is 11.7 Å². The molecule has 4 nitrogen and oxygen atoms in total. The van der Waals surface area contributed by atoms with Gasteiger partial charge in [-0.2, -0.15) is 0 Å². The first-order valence-corrected chi connectivity index (χ1v) is 6.54. The van der Waals surface area contributed by atoms with Gasteiger partial charge in [-0.1, -0.05) is 30.3 Å². The first kappa shape index (κ1) is 14.0. The van der Waals surface area contributed by atoms with Crippen LogP contribution in [0.15, 0.2) is 30.3 Å². The highest BCUT2D eigenvalue weighted by molar-refractivity contribution is 5.74. The maximum absolute atomic E-state index is 12.2. The van der Waals surface area contributed by atoms with E-state index in [1.54, 1.807) is 0 Å². The van der Waals surface area contributed by atoms with Crippen molar-refractivity contribution in [1.82, 2.24) is 0 Å². The number of carbonyl (C=O) groups excluding carboxylic acids is 1. The number of benzene rings is 1. The monoisotopic (exact) mass is 263 g/mol. The molecule has 0 aromatic heterocycles. The van der Waals surface area contributed by atoms with Gasteiger partial charge >= 0.3 is 5.97 Å². The molecule has 0 bridgehead atoms. The molecule has 2 N–H and O–H groups in total. The summed E-state index contributed by atoms with van der Waals surface area (Å²) in [5.74, 6) is -0.578. The van der Waals surface area contributed by atoms with Crippen LogP contribution in [0.4, 0.5) is 0 Å². The van der Waals surface area contributed by atoms with Crippen LogP contribution in [-0.2, 0) is 20.7 Å². The molecule has 1 fully saturated rings. The van der Waals surface area contributed by atoms with Crippen molar-refractivity contribution >= 4 is 5.97 Å². The van der Waals surface area contributed by atoms with E-state index in [0.29, 0.717) is 6.42 Å².